The van der Waals surface area contributed by atoms with E-state index in [4.69, 9.17) is 0 Å². The molecule has 0 saturated carbocycles. The number of halogens is 2. The lowest BCUT2D eigenvalue weighted by atomic mass is 10.1. The van der Waals surface area contributed by atoms with Crippen LogP contribution in [-0.2, 0) is 0 Å². The molecule has 0 amide bonds. The molecule has 1 aromatic heterocycles. The Balaban J connectivity index is 2.77. The van der Waals surface area contributed by atoms with Crippen LogP contribution < -0.4 is 0 Å². The Labute approximate surface area is 96.8 Å². The third-order valence-corrected chi connectivity index (χ3v) is 3.32. The van der Waals surface area contributed by atoms with E-state index in [1.54, 1.807) is 0 Å². The fraction of sp³-hybridized carbons (Fsp3) is 0.333. The molecule has 1 heterocycles. The van der Waals surface area contributed by atoms with Crippen molar-refractivity contribution in [3.63, 3.8) is 0 Å². The van der Waals surface area contributed by atoms with Gasteiger partial charge in [-0.05, 0) is 46.5 Å². The van der Waals surface area contributed by atoms with Crippen molar-refractivity contribution < 1.29 is 4.39 Å². The second kappa shape index (κ2) is 3.63. The van der Waals surface area contributed by atoms with E-state index in [-0.39, 0.29) is 5.82 Å². The van der Waals surface area contributed by atoms with Crippen LogP contribution in [0.4, 0.5) is 4.39 Å². The first-order valence-corrected chi connectivity index (χ1v) is 5.77. The van der Waals surface area contributed by atoms with Crippen LogP contribution in [0.5, 0.6) is 0 Å². The average Bonchev–Trinajstić information content (AvgIpc) is 2.46. The normalized spacial score (nSPS) is 11.6. The topological polar surface area (TPSA) is 15.8 Å². The second-order valence-corrected chi connectivity index (χ2v) is 4.98. The molecule has 0 bridgehead atoms. The molecule has 2 rings (SSSR count). The molecule has 0 spiro atoms. The van der Waals surface area contributed by atoms with Gasteiger partial charge in [0.15, 0.2) is 0 Å². The van der Waals surface area contributed by atoms with Crippen molar-refractivity contribution in [3.05, 3.63) is 33.7 Å². The minimum absolute atomic E-state index is 0.223. The number of H-pyrrole nitrogens is 1. The zero-order valence-corrected chi connectivity index (χ0v) is 10.6. The number of benzene rings is 1. The number of rotatable bonds is 1. The first kappa shape index (κ1) is 10.7. The van der Waals surface area contributed by atoms with Crippen molar-refractivity contribution in [2.45, 2.75) is 26.7 Å². The van der Waals surface area contributed by atoms with Crippen LogP contribution in [0.3, 0.4) is 0 Å². The van der Waals surface area contributed by atoms with Gasteiger partial charge in [-0.1, -0.05) is 13.8 Å². The molecule has 0 fully saturated rings. The maximum absolute atomic E-state index is 13.3. The smallest absolute Gasteiger partial charge is 0.139 e. The van der Waals surface area contributed by atoms with Gasteiger partial charge in [-0.15, -0.1) is 0 Å². The van der Waals surface area contributed by atoms with Crippen LogP contribution in [-0.4, -0.2) is 4.98 Å². The van der Waals surface area contributed by atoms with Crippen LogP contribution in [0.25, 0.3) is 10.9 Å². The maximum atomic E-state index is 13.3. The fourth-order valence-corrected chi connectivity index (χ4v) is 2.27. The quantitative estimate of drug-likeness (QED) is 0.785. The molecule has 0 saturated heterocycles. The molecule has 1 nitrogen and oxygen atoms in total. The molecule has 2 aromatic rings. The summed E-state index contributed by atoms with van der Waals surface area (Å²) < 4.78 is 13.8. The van der Waals surface area contributed by atoms with E-state index < -0.39 is 0 Å². The van der Waals surface area contributed by atoms with Crippen molar-refractivity contribution >= 4 is 26.8 Å². The van der Waals surface area contributed by atoms with E-state index in [1.165, 1.54) is 17.3 Å². The van der Waals surface area contributed by atoms with E-state index in [0.717, 1.165) is 10.9 Å². The summed E-state index contributed by atoms with van der Waals surface area (Å²) in [6, 6.07) is 3.38. The standard InChI is InChI=1S/C12H13BrFN/c1-6(2)12-7(3)8-4-9(13)10(14)5-11(8)15-12/h4-6,15H,1-3H3. The molecule has 1 aromatic carbocycles. The fourth-order valence-electron chi connectivity index (χ4n) is 1.92. The van der Waals surface area contributed by atoms with E-state index >= 15 is 0 Å². The van der Waals surface area contributed by atoms with Crippen LogP contribution in [0.1, 0.15) is 31.0 Å². The van der Waals surface area contributed by atoms with Crippen LogP contribution >= 0.6 is 15.9 Å². The summed E-state index contributed by atoms with van der Waals surface area (Å²) in [7, 11) is 0. The Morgan fingerprint density at radius 1 is 1.33 bits per heavy atom. The molecular formula is C12H13BrFN. The Kier molecular flexibility index (Phi) is 2.59. The van der Waals surface area contributed by atoms with E-state index in [0.29, 0.717) is 10.4 Å². The maximum Gasteiger partial charge on any atom is 0.139 e. The number of aromatic nitrogens is 1. The predicted octanol–water partition coefficient (Wildman–Crippen LogP) is 4.50. The number of fused-ring (bicyclic) bond motifs is 1. The van der Waals surface area contributed by atoms with Gasteiger partial charge in [-0.25, -0.2) is 4.39 Å². The number of aromatic amines is 1. The van der Waals surface area contributed by atoms with E-state index in [2.05, 4.69) is 41.7 Å². The number of aryl methyl sites for hydroxylation is 1. The van der Waals surface area contributed by atoms with Crippen molar-refractivity contribution in [2.24, 2.45) is 0 Å². The van der Waals surface area contributed by atoms with Gasteiger partial charge in [-0.2, -0.15) is 0 Å². The van der Waals surface area contributed by atoms with Gasteiger partial charge in [-0.3, -0.25) is 0 Å². The molecule has 0 aliphatic carbocycles. The monoisotopic (exact) mass is 269 g/mol. The molecule has 0 aliphatic heterocycles. The SMILES string of the molecule is Cc1c(C(C)C)[nH]c2cc(F)c(Br)cc12. The van der Waals surface area contributed by atoms with Gasteiger partial charge in [0.2, 0.25) is 0 Å². The number of nitrogens with one attached hydrogen (secondary N) is 1. The van der Waals surface area contributed by atoms with Gasteiger partial charge in [0.25, 0.3) is 0 Å². The molecule has 0 radical (unpaired) electrons. The highest BCUT2D eigenvalue weighted by atomic mass is 79.9. The molecule has 1 N–H and O–H groups in total. The summed E-state index contributed by atoms with van der Waals surface area (Å²) in [5.74, 6) is 0.207. The molecule has 0 aliphatic rings. The molecule has 0 unspecified atom stereocenters. The van der Waals surface area contributed by atoms with E-state index in [1.807, 2.05) is 6.07 Å². The van der Waals surface area contributed by atoms with Gasteiger partial charge in [0.05, 0.1) is 4.47 Å². The lowest BCUT2D eigenvalue weighted by molar-refractivity contribution is 0.623. The summed E-state index contributed by atoms with van der Waals surface area (Å²) in [4.78, 5) is 3.27. The van der Waals surface area contributed by atoms with Crippen molar-refractivity contribution in [1.29, 1.82) is 0 Å². The van der Waals surface area contributed by atoms with Gasteiger partial charge < -0.3 is 4.98 Å². The largest absolute Gasteiger partial charge is 0.358 e. The molecular weight excluding hydrogens is 257 g/mol. The lowest BCUT2D eigenvalue weighted by Crippen LogP contribution is -1.88. The average molecular weight is 270 g/mol. The molecule has 80 valence electrons. The Hall–Kier alpha value is -0.830. The van der Waals surface area contributed by atoms with Gasteiger partial charge in [0, 0.05) is 16.6 Å². The third-order valence-electron chi connectivity index (χ3n) is 2.72. The number of hydrogen-bond donors (Lipinski definition) is 1. The van der Waals surface area contributed by atoms with Crippen molar-refractivity contribution in [1.82, 2.24) is 4.98 Å². The zero-order chi connectivity index (χ0) is 11.2. The highest BCUT2D eigenvalue weighted by Crippen LogP contribution is 2.30. The van der Waals surface area contributed by atoms with E-state index in [9.17, 15) is 4.39 Å². The van der Waals surface area contributed by atoms with Gasteiger partial charge in [0.1, 0.15) is 5.82 Å². The first-order chi connectivity index (χ1) is 7.00. The van der Waals surface area contributed by atoms with Crippen molar-refractivity contribution in [3.8, 4) is 0 Å². The minimum Gasteiger partial charge on any atom is -0.358 e. The Morgan fingerprint density at radius 3 is 2.60 bits per heavy atom. The molecule has 0 atom stereocenters. The lowest BCUT2D eigenvalue weighted by Gasteiger charge is -2.02. The Bertz CT molecular complexity index is 514. The first-order valence-electron chi connectivity index (χ1n) is 4.98. The van der Waals surface area contributed by atoms with Gasteiger partial charge >= 0.3 is 0 Å². The highest BCUT2D eigenvalue weighted by Gasteiger charge is 2.12. The van der Waals surface area contributed by atoms with Crippen LogP contribution in [0.15, 0.2) is 16.6 Å². The summed E-state index contributed by atoms with van der Waals surface area (Å²) in [5, 5.41) is 1.09. The molecule has 15 heavy (non-hydrogen) atoms. The summed E-state index contributed by atoms with van der Waals surface area (Å²) >= 11 is 3.21. The van der Waals surface area contributed by atoms with Crippen LogP contribution in [0.2, 0.25) is 0 Å². The zero-order valence-electron chi connectivity index (χ0n) is 8.99. The predicted molar refractivity (Wildman–Crippen MR) is 64.8 cm³/mol. The highest BCUT2D eigenvalue weighted by molar-refractivity contribution is 9.10. The minimum atomic E-state index is -0.223. The van der Waals surface area contributed by atoms with Crippen molar-refractivity contribution in [2.75, 3.05) is 0 Å². The second-order valence-electron chi connectivity index (χ2n) is 4.13. The summed E-state index contributed by atoms with van der Waals surface area (Å²) in [6.07, 6.45) is 0. The summed E-state index contributed by atoms with van der Waals surface area (Å²) in [6.45, 7) is 6.32. The summed E-state index contributed by atoms with van der Waals surface area (Å²) in [5.41, 5.74) is 3.26. The number of hydrogen-bond acceptors (Lipinski definition) is 0. The third kappa shape index (κ3) is 1.69. The Morgan fingerprint density at radius 2 is 2.00 bits per heavy atom. The molecule has 3 heteroatoms. The van der Waals surface area contributed by atoms with Crippen LogP contribution in [0, 0.1) is 12.7 Å².